The van der Waals surface area contributed by atoms with Gasteiger partial charge in [0.25, 0.3) is 0 Å². The van der Waals surface area contributed by atoms with Gasteiger partial charge in [-0.05, 0) is 13.0 Å². The lowest BCUT2D eigenvalue weighted by Gasteiger charge is -2.06. The Bertz CT molecular complexity index is 440. The fourth-order valence-corrected chi connectivity index (χ4v) is 2.58. The topological polar surface area (TPSA) is 66.9 Å². The lowest BCUT2D eigenvalue weighted by atomic mass is 10.1. The molecule has 1 rings (SSSR count). The quantitative estimate of drug-likeness (QED) is 0.862. The fourth-order valence-electron chi connectivity index (χ4n) is 1.30. The van der Waals surface area contributed by atoms with Gasteiger partial charge in [-0.15, -0.1) is 0 Å². The highest BCUT2D eigenvalue weighted by atomic mass is 32.2. The Labute approximate surface area is 96.5 Å². The summed E-state index contributed by atoms with van der Waals surface area (Å²) >= 11 is 0. The maximum atomic E-state index is 13.6. The van der Waals surface area contributed by atoms with Gasteiger partial charge in [-0.3, -0.25) is 4.21 Å². The van der Waals surface area contributed by atoms with Crippen molar-refractivity contribution in [1.82, 2.24) is 0 Å². The molecule has 0 aliphatic heterocycles. The first-order valence-electron chi connectivity index (χ1n) is 4.82. The first kappa shape index (κ1) is 12.8. The van der Waals surface area contributed by atoms with Crippen molar-refractivity contribution in [2.24, 2.45) is 5.73 Å². The Kier molecular flexibility index (Phi) is 4.59. The standard InChI is InChI=1S/C11H13FN2OS/c1-8(14)6-16(15)7-10-4-2-3-9(5-13)11(10)12/h2-4,8H,6-7,14H2,1H3. The maximum Gasteiger partial charge on any atom is 0.145 e. The minimum absolute atomic E-state index is 0.0182. The van der Waals surface area contributed by atoms with Crippen molar-refractivity contribution in [1.29, 1.82) is 5.26 Å². The molecule has 0 aliphatic carbocycles. The molecule has 1 aromatic carbocycles. The molecular weight excluding hydrogens is 227 g/mol. The van der Waals surface area contributed by atoms with Crippen LogP contribution >= 0.6 is 0 Å². The van der Waals surface area contributed by atoms with Crippen molar-refractivity contribution < 1.29 is 8.60 Å². The molecule has 3 nitrogen and oxygen atoms in total. The average Bonchev–Trinajstić information content (AvgIpc) is 2.20. The summed E-state index contributed by atoms with van der Waals surface area (Å²) in [5, 5.41) is 8.64. The molecule has 2 atom stereocenters. The number of nitrogens with zero attached hydrogens (tertiary/aromatic N) is 1. The SMILES string of the molecule is CC(N)CS(=O)Cc1cccc(C#N)c1F. The lowest BCUT2D eigenvalue weighted by molar-refractivity contribution is 0.611. The van der Waals surface area contributed by atoms with Crippen molar-refractivity contribution in [2.75, 3.05) is 5.75 Å². The molecule has 1 aromatic rings. The van der Waals surface area contributed by atoms with E-state index in [1.165, 1.54) is 12.1 Å². The highest BCUT2D eigenvalue weighted by Gasteiger charge is 2.11. The van der Waals surface area contributed by atoms with E-state index >= 15 is 0 Å². The monoisotopic (exact) mass is 240 g/mol. The van der Waals surface area contributed by atoms with E-state index in [-0.39, 0.29) is 17.4 Å². The summed E-state index contributed by atoms with van der Waals surface area (Å²) in [7, 11) is -1.20. The predicted octanol–water partition coefficient (Wildman–Crippen LogP) is 1.29. The highest BCUT2D eigenvalue weighted by Crippen LogP contribution is 2.14. The molecule has 0 fully saturated rings. The normalized spacial score (nSPS) is 14.1. The third-order valence-corrected chi connectivity index (χ3v) is 3.49. The summed E-state index contributed by atoms with van der Waals surface area (Å²) in [5.41, 5.74) is 5.79. The molecule has 5 heteroatoms. The number of hydrogen-bond donors (Lipinski definition) is 1. The van der Waals surface area contributed by atoms with E-state index in [0.29, 0.717) is 11.3 Å². The van der Waals surface area contributed by atoms with Gasteiger partial charge in [0.2, 0.25) is 0 Å². The van der Waals surface area contributed by atoms with Crippen LogP contribution in [-0.4, -0.2) is 16.0 Å². The number of rotatable bonds is 4. The second-order valence-electron chi connectivity index (χ2n) is 3.62. The molecule has 0 aromatic heterocycles. The highest BCUT2D eigenvalue weighted by molar-refractivity contribution is 7.84. The number of nitriles is 1. The van der Waals surface area contributed by atoms with Gasteiger partial charge in [-0.1, -0.05) is 12.1 Å². The number of nitrogens with two attached hydrogens (primary N) is 1. The van der Waals surface area contributed by atoms with Gasteiger partial charge < -0.3 is 5.73 Å². The molecule has 0 radical (unpaired) electrons. The summed E-state index contributed by atoms with van der Waals surface area (Å²) in [6, 6.07) is 6.09. The van der Waals surface area contributed by atoms with Crippen molar-refractivity contribution in [2.45, 2.75) is 18.7 Å². The molecule has 0 saturated heterocycles. The Morgan fingerprint density at radius 1 is 1.62 bits per heavy atom. The minimum Gasteiger partial charge on any atom is -0.327 e. The molecule has 2 unspecified atom stereocenters. The van der Waals surface area contributed by atoms with Gasteiger partial charge in [0, 0.05) is 28.2 Å². The third kappa shape index (κ3) is 3.40. The van der Waals surface area contributed by atoms with E-state index in [0.717, 1.165) is 0 Å². The Hall–Kier alpha value is -1.25. The van der Waals surface area contributed by atoms with Crippen LogP contribution in [0.3, 0.4) is 0 Å². The maximum absolute atomic E-state index is 13.6. The van der Waals surface area contributed by atoms with E-state index in [4.69, 9.17) is 11.0 Å². The molecule has 0 amide bonds. The molecule has 0 bridgehead atoms. The van der Waals surface area contributed by atoms with Crippen molar-refractivity contribution in [3.8, 4) is 6.07 Å². The Morgan fingerprint density at radius 2 is 2.31 bits per heavy atom. The van der Waals surface area contributed by atoms with Crippen LogP contribution in [0.4, 0.5) is 4.39 Å². The minimum atomic E-state index is -1.20. The van der Waals surface area contributed by atoms with Crippen molar-refractivity contribution >= 4 is 10.8 Å². The fraction of sp³-hybridized carbons (Fsp3) is 0.364. The molecule has 0 spiro atoms. The first-order chi connectivity index (χ1) is 7.54. The molecular formula is C11H13FN2OS. The average molecular weight is 240 g/mol. The number of benzene rings is 1. The van der Waals surface area contributed by atoms with E-state index < -0.39 is 16.6 Å². The lowest BCUT2D eigenvalue weighted by Crippen LogP contribution is -2.23. The molecule has 0 saturated carbocycles. The smallest absolute Gasteiger partial charge is 0.145 e. The zero-order valence-electron chi connectivity index (χ0n) is 8.94. The molecule has 86 valence electrons. The van der Waals surface area contributed by atoms with E-state index in [9.17, 15) is 8.60 Å². The van der Waals surface area contributed by atoms with Crippen LogP contribution in [0, 0.1) is 17.1 Å². The summed E-state index contributed by atoms with van der Waals surface area (Å²) in [6.07, 6.45) is 0. The molecule has 16 heavy (non-hydrogen) atoms. The van der Waals surface area contributed by atoms with Crippen LogP contribution in [0.25, 0.3) is 0 Å². The van der Waals surface area contributed by atoms with Gasteiger partial charge in [0.15, 0.2) is 0 Å². The van der Waals surface area contributed by atoms with Gasteiger partial charge in [-0.2, -0.15) is 5.26 Å². The zero-order valence-corrected chi connectivity index (χ0v) is 9.76. The second-order valence-corrected chi connectivity index (χ2v) is 5.12. The van der Waals surface area contributed by atoms with Gasteiger partial charge >= 0.3 is 0 Å². The van der Waals surface area contributed by atoms with Crippen LogP contribution in [0.1, 0.15) is 18.1 Å². The zero-order chi connectivity index (χ0) is 12.1. The van der Waals surface area contributed by atoms with Crippen LogP contribution in [0.15, 0.2) is 18.2 Å². The van der Waals surface area contributed by atoms with Crippen LogP contribution in [0.5, 0.6) is 0 Å². The Balaban J connectivity index is 2.83. The summed E-state index contributed by atoms with van der Waals surface area (Å²) in [6.45, 7) is 1.75. The summed E-state index contributed by atoms with van der Waals surface area (Å²) in [5.74, 6) is -0.151. The van der Waals surface area contributed by atoms with Crippen molar-refractivity contribution in [3.05, 3.63) is 35.1 Å². The number of hydrogen-bond acceptors (Lipinski definition) is 3. The third-order valence-electron chi connectivity index (χ3n) is 1.96. The largest absolute Gasteiger partial charge is 0.327 e. The molecule has 2 N–H and O–H groups in total. The van der Waals surface area contributed by atoms with Crippen LogP contribution in [-0.2, 0) is 16.6 Å². The van der Waals surface area contributed by atoms with Gasteiger partial charge in [-0.25, -0.2) is 4.39 Å². The second kappa shape index (κ2) is 5.73. The van der Waals surface area contributed by atoms with Crippen molar-refractivity contribution in [3.63, 3.8) is 0 Å². The van der Waals surface area contributed by atoms with E-state index in [1.807, 2.05) is 0 Å². The predicted molar refractivity (Wildman–Crippen MR) is 61.5 cm³/mol. The first-order valence-corrected chi connectivity index (χ1v) is 6.31. The summed E-state index contributed by atoms with van der Waals surface area (Å²) in [4.78, 5) is 0. The van der Waals surface area contributed by atoms with E-state index in [1.54, 1.807) is 19.1 Å². The molecule has 0 heterocycles. The van der Waals surface area contributed by atoms with Gasteiger partial charge in [0.05, 0.1) is 11.3 Å². The Morgan fingerprint density at radius 3 is 2.88 bits per heavy atom. The van der Waals surface area contributed by atoms with Gasteiger partial charge in [0.1, 0.15) is 11.9 Å². The summed E-state index contributed by atoms with van der Waals surface area (Å²) < 4.78 is 25.1. The number of halogens is 1. The van der Waals surface area contributed by atoms with Crippen LogP contribution in [0.2, 0.25) is 0 Å². The van der Waals surface area contributed by atoms with Crippen LogP contribution < -0.4 is 5.73 Å². The van der Waals surface area contributed by atoms with E-state index in [2.05, 4.69) is 0 Å². The molecule has 0 aliphatic rings.